The topological polar surface area (TPSA) is 73.1 Å². The molecule has 5 nitrogen and oxygen atoms in total. The summed E-state index contributed by atoms with van der Waals surface area (Å²) in [6.07, 6.45) is 4.48. The molecule has 1 aromatic rings. The molecule has 3 N–H and O–H groups in total. The molecule has 0 radical (unpaired) electrons. The molecule has 1 fully saturated rings. The van der Waals surface area contributed by atoms with E-state index >= 15 is 0 Å². The molecular weight excluding hydrogens is 240 g/mol. The van der Waals surface area contributed by atoms with Gasteiger partial charge in [0.25, 0.3) is 0 Å². The zero-order chi connectivity index (χ0) is 13.7. The zero-order valence-corrected chi connectivity index (χ0v) is 11.9. The van der Waals surface area contributed by atoms with Crippen molar-refractivity contribution in [1.82, 2.24) is 9.97 Å². The number of nitrogens with two attached hydrogens (primary N) is 1. The van der Waals surface area contributed by atoms with Crippen LogP contribution < -0.4 is 11.1 Å². The van der Waals surface area contributed by atoms with Crippen molar-refractivity contribution in [2.24, 2.45) is 5.92 Å². The van der Waals surface area contributed by atoms with Crippen molar-refractivity contribution in [3.8, 4) is 0 Å². The largest absolute Gasteiger partial charge is 0.381 e. The van der Waals surface area contributed by atoms with Gasteiger partial charge < -0.3 is 15.8 Å². The Hall–Kier alpha value is -1.36. The van der Waals surface area contributed by atoms with E-state index in [0.717, 1.165) is 50.0 Å². The lowest BCUT2D eigenvalue weighted by Gasteiger charge is -2.13. The molecule has 0 saturated carbocycles. The van der Waals surface area contributed by atoms with Crippen molar-refractivity contribution < 1.29 is 4.74 Å². The molecule has 5 heteroatoms. The van der Waals surface area contributed by atoms with Gasteiger partial charge in [0.15, 0.2) is 0 Å². The second-order valence-corrected chi connectivity index (χ2v) is 5.15. The molecule has 1 aliphatic heterocycles. The number of nitrogen functional groups attached to an aromatic ring is 1. The Bertz CT molecular complexity index is 416. The van der Waals surface area contributed by atoms with Crippen LogP contribution in [0.4, 0.5) is 11.8 Å². The summed E-state index contributed by atoms with van der Waals surface area (Å²) in [4.78, 5) is 8.51. The maximum Gasteiger partial charge on any atom is 0.222 e. The maximum absolute atomic E-state index is 5.71. The Morgan fingerprint density at radius 3 is 2.95 bits per heavy atom. The normalized spacial score (nSPS) is 18.7. The van der Waals surface area contributed by atoms with E-state index in [1.165, 1.54) is 18.4 Å². The Kier molecular flexibility index (Phi) is 4.96. The van der Waals surface area contributed by atoms with E-state index in [-0.39, 0.29) is 0 Å². The van der Waals surface area contributed by atoms with E-state index < -0.39 is 0 Å². The minimum atomic E-state index is 0.349. The first-order valence-corrected chi connectivity index (χ1v) is 7.15. The second-order valence-electron chi connectivity index (χ2n) is 5.15. The van der Waals surface area contributed by atoms with Crippen molar-refractivity contribution in [2.75, 3.05) is 30.8 Å². The van der Waals surface area contributed by atoms with E-state index in [4.69, 9.17) is 10.5 Å². The number of rotatable bonds is 6. The van der Waals surface area contributed by atoms with Gasteiger partial charge in [-0.2, -0.15) is 4.98 Å². The van der Waals surface area contributed by atoms with Gasteiger partial charge in [0.1, 0.15) is 5.82 Å². The molecule has 0 bridgehead atoms. The lowest BCUT2D eigenvalue weighted by molar-refractivity contribution is 0.184. The number of nitrogens with one attached hydrogen (secondary N) is 1. The molecule has 1 aromatic heterocycles. The van der Waals surface area contributed by atoms with Gasteiger partial charge in [-0.1, -0.05) is 6.92 Å². The number of ether oxygens (including phenoxy) is 1. The van der Waals surface area contributed by atoms with Crippen LogP contribution in [0.5, 0.6) is 0 Å². The lowest BCUT2D eigenvalue weighted by Crippen LogP contribution is -2.11. The maximum atomic E-state index is 5.71. The molecule has 0 aromatic carbocycles. The van der Waals surface area contributed by atoms with Crippen molar-refractivity contribution in [3.63, 3.8) is 0 Å². The highest BCUT2D eigenvalue weighted by molar-refractivity contribution is 5.49. The third-order valence-corrected chi connectivity index (χ3v) is 3.69. The summed E-state index contributed by atoms with van der Waals surface area (Å²) >= 11 is 0. The summed E-state index contributed by atoms with van der Waals surface area (Å²) in [5.74, 6) is 1.99. The first kappa shape index (κ1) is 14.1. The Morgan fingerprint density at radius 2 is 2.26 bits per heavy atom. The molecule has 1 unspecified atom stereocenters. The van der Waals surface area contributed by atoms with Gasteiger partial charge in [-0.3, -0.25) is 0 Å². The highest BCUT2D eigenvalue weighted by atomic mass is 16.5. The van der Waals surface area contributed by atoms with Crippen LogP contribution in [0, 0.1) is 12.8 Å². The van der Waals surface area contributed by atoms with Crippen LogP contribution in [-0.4, -0.2) is 29.7 Å². The second kappa shape index (κ2) is 6.70. The molecule has 1 saturated heterocycles. The van der Waals surface area contributed by atoms with Gasteiger partial charge in [-0.15, -0.1) is 0 Å². The lowest BCUT2D eigenvalue weighted by atomic mass is 10.0. The fourth-order valence-electron chi connectivity index (χ4n) is 2.60. The number of aryl methyl sites for hydroxylation is 1. The van der Waals surface area contributed by atoms with Crippen LogP contribution in [0.25, 0.3) is 0 Å². The molecule has 1 atom stereocenters. The Balaban J connectivity index is 1.84. The first-order chi connectivity index (χ1) is 9.20. The van der Waals surface area contributed by atoms with Gasteiger partial charge in [-0.25, -0.2) is 4.98 Å². The molecule has 2 rings (SSSR count). The number of hydrogen-bond donors (Lipinski definition) is 2. The van der Waals surface area contributed by atoms with Crippen LogP contribution in [0.3, 0.4) is 0 Å². The minimum Gasteiger partial charge on any atom is -0.381 e. The fourth-order valence-corrected chi connectivity index (χ4v) is 2.60. The van der Waals surface area contributed by atoms with Gasteiger partial charge in [-0.05, 0) is 38.5 Å². The van der Waals surface area contributed by atoms with Crippen LogP contribution in [0.2, 0.25) is 0 Å². The summed E-state index contributed by atoms with van der Waals surface area (Å²) in [7, 11) is 0. The summed E-state index contributed by atoms with van der Waals surface area (Å²) in [5, 5.41) is 3.40. The average molecular weight is 264 g/mol. The predicted molar refractivity (Wildman–Crippen MR) is 77.2 cm³/mol. The number of hydrogen-bond acceptors (Lipinski definition) is 5. The molecule has 106 valence electrons. The van der Waals surface area contributed by atoms with E-state index in [1.807, 2.05) is 6.92 Å². The van der Waals surface area contributed by atoms with Gasteiger partial charge in [0.05, 0.1) is 0 Å². The molecule has 0 amide bonds. The van der Waals surface area contributed by atoms with Gasteiger partial charge in [0, 0.05) is 31.0 Å². The van der Waals surface area contributed by atoms with Crippen molar-refractivity contribution >= 4 is 11.8 Å². The highest BCUT2D eigenvalue weighted by Crippen LogP contribution is 2.20. The minimum absolute atomic E-state index is 0.349. The van der Waals surface area contributed by atoms with Crippen molar-refractivity contribution in [3.05, 3.63) is 11.3 Å². The number of aromatic nitrogens is 2. The highest BCUT2D eigenvalue weighted by Gasteiger charge is 2.15. The quantitative estimate of drug-likeness (QED) is 0.770. The van der Waals surface area contributed by atoms with Crippen LogP contribution >= 0.6 is 0 Å². The predicted octanol–water partition coefficient (Wildman–Crippen LogP) is 2.16. The standard InChI is InChI=1S/C14H24N4O/c1-3-12-10(2)17-14(15)18-13(12)16-7-4-5-11-6-8-19-9-11/h11H,3-9H2,1-2H3,(H3,15,16,17,18). The van der Waals surface area contributed by atoms with E-state index in [9.17, 15) is 0 Å². The van der Waals surface area contributed by atoms with Crippen LogP contribution in [0.1, 0.15) is 37.4 Å². The Labute approximate surface area is 115 Å². The summed E-state index contributed by atoms with van der Waals surface area (Å²) in [6.45, 7) is 6.89. The molecule has 1 aliphatic rings. The third kappa shape index (κ3) is 3.80. The Morgan fingerprint density at radius 1 is 1.42 bits per heavy atom. The molecule has 2 heterocycles. The molecule has 0 aliphatic carbocycles. The van der Waals surface area contributed by atoms with Crippen LogP contribution in [-0.2, 0) is 11.2 Å². The SMILES string of the molecule is CCc1c(C)nc(N)nc1NCCCC1CCOC1. The van der Waals surface area contributed by atoms with Gasteiger partial charge in [0.2, 0.25) is 5.95 Å². The molecule has 19 heavy (non-hydrogen) atoms. The van der Waals surface area contributed by atoms with Crippen molar-refractivity contribution in [1.29, 1.82) is 0 Å². The molecular formula is C14H24N4O. The van der Waals surface area contributed by atoms with E-state index in [2.05, 4.69) is 22.2 Å². The zero-order valence-electron chi connectivity index (χ0n) is 11.9. The third-order valence-electron chi connectivity index (χ3n) is 3.69. The summed E-state index contributed by atoms with van der Waals surface area (Å²) in [6, 6.07) is 0. The first-order valence-electron chi connectivity index (χ1n) is 7.15. The van der Waals surface area contributed by atoms with E-state index in [0.29, 0.717) is 5.95 Å². The average Bonchev–Trinajstić information content (AvgIpc) is 2.87. The molecule has 0 spiro atoms. The number of nitrogens with zero attached hydrogens (tertiary/aromatic N) is 2. The van der Waals surface area contributed by atoms with Gasteiger partial charge >= 0.3 is 0 Å². The summed E-state index contributed by atoms with van der Waals surface area (Å²) < 4.78 is 5.38. The van der Waals surface area contributed by atoms with Crippen molar-refractivity contribution in [2.45, 2.75) is 39.5 Å². The van der Waals surface area contributed by atoms with Crippen LogP contribution in [0.15, 0.2) is 0 Å². The smallest absolute Gasteiger partial charge is 0.222 e. The monoisotopic (exact) mass is 264 g/mol. The number of anilines is 2. The fraction of sp³-hybridized carbons (Fsp3) is 0.714. The van der Waals surface area contributed by atoms with E-state index in [1.54, 1.807) is 0 Å². The summed E-state index contributed by atoms with van der Waals surface area (Å²) in [5.41, 5.74) is 7.85.